The van der Waals surface area contributed by atoms with Crippen LogP contribution in [0.15, 0.2) is 48.5 Å². The molecule has 0 spiro atoms. The van der Waals surface area contributed by atoms with Crippen molar-refractivity contribution in [1.29, 1.82) is 0 Å². The highest BCUT2D eigenvalue weighted by Crippen LogP contribution is 2.15. The second kappa shape index (κ2) is 7.25. The maximum absolute atomic E-state index is 12.2. The second-order valence-corrected chi connectivity index (χ2v) is 5.58. The molecule has 4 heteroatoms. The molecule has 0 bridgehead atoms. The van der Waals surface area contributed by atoms with Gasteiger partial charge in [0.15, 0.2) is 0 Å². The Morgan fingerprint density at radius 2 is 1.67 bits per heavy atom. The first-order valence-electron chi connectivity index (χ1n) is 6.82. The summed E-state index contributed by atoms with van der Waals surface area (Å²) in [4.78, 5) is 14.3. The fraction of sp³-hybridized carbons (Fsp3) is 0.235. The van der Waals surface area contributed by atoms with Crippen LogP contribution < -0.4 is 5.32 Å². The average molecular weight is 303 g/mol. The molecule has 2 aromatic rings. The molecular formula is C17H19ClN2O. The van der Waals surface area contributed by atoms with E-state index in [9.17, 15) is 4.79 Å². The fourth-order valence-corrected chi connectivity index (χ4v) is 2.36. The van der Waals surface area contributed by atoms with Gasteiger partial charge in [-0.2, -0.15) is 0 Å². The lowest BCUT2D eigenvalue weighted by Gasteiger charge is -2.14. The molecule has 0 saturated carbocycles. The van der Waals surface area contributed by atoms with Crippen LogP contribution in [0.3, 0.4) is 0 Å². The van der Waals surface area contributed by atoms with Crippen molar-refractivity contribution in [1.82, 2.24) is 10.2 Å². The van der Waals surface area contributed by atoms with Crippen LogP contribution >= 0.6 is 11.6 Å². The highest BCUT2D eigenvalue weighted by molar-refractivity contribution is 6.33. The van der Waals surface area contributed by atoms with E-state index in [1.54, 1.807) is 18.2 Å². The third kappa shape index (κ3) is 4.31. The maximum atomic E-state index is 12.2. The number of halogens is 1. The van der Waals surface area contributed by atoms with E-state index in [4.69, 9.17) is 11.6 Å². The van der Waals surface area contributed by atoms with Gasteiger partial charge < -0.3 is 10.2 Å². The predicted octanol–water partition coefficient (Wildman–Crippen LogP) is 3.33. The molecule has 0 aromatic heterocycles. The lowest BCUT2D eigenvalue weighted by molar-refractivity contribution is 0.0951. The van der Waals surface area contributed by atoms with Crippen molar-refractivity contribution in [3.63, 3.8) is 0 Å². The first kappa shape index (κ1) is 15.5. The van der Waals surface area contributed by atoms with E-state index in [0.29, 0.717) is 17.1 Å². The molecule has 0 heterocycles. The van der Waals surface area contributed by atoms with Gasteiger partial charge in [0.1, 0.15) is 0 Å². The molecule has 110 valence electrons. The van der Waals surface area contributed by atoms with Crippen LogP contribution in [0.25, 0.3) is 0 Å². The van der Waals surface area contributed by atoms with Gasteiger partial charge in [-0.1, -0.05) is 48.0 Å². The van der Waals surface area contributed by atoms with E-state index >= 15 is 0 Å². The number of rotatable bonds is 5. The van der Waals surface area contributed by atoms with E-state index in [0.717, 1.165) is 12.1 Å². The Labute approximate surface area is 130 Å². The number of benzene rings is 2. The van der Waals surface area contributed by atoms with Crippen LogP contribution in [-0.2, 0) is 13.1 Å². The smallest absolute Gasteiger partial charge is 0.253 e. The van der Waals surface area contributed by atoms with Crippen molar-refractivity contribution < 1.29 is 4.79 Å². The first-order chi connectivity index (χ1) is 10.1. The van der Waals surface area contributed by atoms with Gasteiger partial charge >= 0.3 is 0 Å². The Morgan fingerprint density at radius 3 is 2.33 bits per heavy atom. The van der Waals surface area contributed by atoms with Gasteiger partial charge in [0.2, 0.25) is 0 Å². The summed E-state index contributed by atoms with van der Waals surface area (Å²) >= 11 is 6.03. The summed E-state index contributed by atoms with van der Waals surface area (Å²) in [6, 6.07) is 15.2. The molecule has 0 saturated heterocycles. The molecule has 3 nitrogen and oxygen atoms in total. The molecule has 0 aliphatic heterocycles. The lowest BCUT2D eigenvalue weighted by atomic mass is 10.1. The number of carbonyl (C=O) groups excluding carboxylic acids is 1. The molecule has 0 aliphatic carbocycles. The number of hydrogen-bond acceptors (Lipinski definition) is 2. The lowest BCUT2D eigenvalue weighted by Crippen LogP contribution is -2.24. The maximum Gasteiger partial charge on any atom is 0.253 e. The third-order valence-corrected chi connectivity index (χ3v) is 3.49. The zero-order valence-electron chi connectivity index (χ0n) is 12.3. The summed E-state index contributed by atoms with van der Waals surface area (Å²) in [7, 11) is 4.05. The van der Waals surface area contributed by atoms with Gasteiger partial charge in [-0.15, -0.1) is 0 Å². The van der Waals surface area contributed by atoms with E-state index in [1.165, 1.54) is 5.56 Å². The SMILES string of the molecule is CN(C)Cc1ccccc1CNC(=O)c1ccccc1Cl. The summed E-state index contributed by atoms with van der Waals surface area (Å²) in [5.41, 5.74) is 2.83. The summed E-state index contributed by atoms with van der Waals surface area (Å²) < 4.78 is 0. The summed E-state index contributed by atoms with van der Waals surface area (Å²) in [5, 5.41) is 3.40. The normalized spacial score (nSPS) is 10.7. The van der Waals surface area contributed by atoms with Crippen molar-refractivity contribution in [2.45, 2.75) is 13.1 Å². The minimum absolute atomic E-state index is 0.153. The van der Waals surface area contributed by atoms with Gasteiger partial charge in [0, 0.05) is 13.1 Å². The Balaban J connectivity index is 2.07. The Hall–Kier alpha value is -1.84. The third-order valence-electron chi connectivity index (χ3n) is 3.16. The van der Waals surface area contributed by atoms with E-state index in [1.807, 2.05) is 38.4 Å². The quantitative estimate of drug-likeness (QED) is 0.919. The summed E-state index contributed by atoms with van der Waals surface area (Å²) in [6.07, 6.45) is 0. The van der Waals surface area contributed by atoms with E-state index < -0.39 is 0 Å². The topological polar surface area (TPSA) is 32.3 Å². The number of nitrogens with zero attached hydrogens (tertiary/aromatic N) is 1. The summed E-state index contributed by atoms with van der Waals surface area (Å²) in [5.74, 6) is -0.153. The van der Waals surface area contributed by atoms with Crippen molar-refractivity contribution in [2.24, 2.45) is 0 Å². The Bertz CT molecular complexity index is 626. The average Bonchev–Trinajstić information content (AvgIpc) is 2.46. The van der Waals surface area contributed by atoms with E-state index in [2.05, 4.69) is 16.3 Å². The van der Waals surface area contributed by atoms with Crippen LogP contribution in [0.2, 0.25) is 5.02 Å². The molecule has 0 unspecified atom stereocenters. The molecule has 1 amide bonds. The van der Waals surface area contributed by atoms with Crippen molar-refractivity contribution in [3.05, 3.63) is 70.2 Å². The highest BCUT2D eigenvalue weighted by atomic mass is 35.5. The minimum atomic E-state index is -0.153. The van der Waals surface area contributed by atoms with E-state index in [-0.39, 0.29) is 5.91 Å². The largest absolute Gasteiger partial charge is 0.348 e. The molecule has 2 rings (SSSR count). The Morgan fingerprint density at radius 1 is 1.05 bits per heavy atom. The molecule has 0 atom stereocenters. The number of amides is 1. The van der Waals surface area contributed by atoms with Crippen LogP contribution in [0, 0.1) is 0 Å². The molecule has 2 aromatic carbocycles. The van der Waals surface area contributed by atoms with Gasteiger partial charge in [-0.25, -0.2) is 0 Å². The molecule has 21 heavy (non-hydrogen) atoms. The number of carbonyl (C=O) groups is 1. The highest BCUT2D eigenvalue weighted by Gasteiger charge is 2.10. The van der Waals surface area contributed by atoms with Crippen LogP contribution in [0.5, 0.6) is 0 Å². The molecule has 0 fully saturated rings. The van der Waals surface area contributed by atoms with Gasteiger partial charge in [-0.05, 0) is 37.4 Å². The minimum Gasteiger partial charge on any atom is -0.348 e. The van der Waals surface area contributed by atoms with Crippen LogP contribution in [0.1, 0.15) is 21.5 Å². The standard InChI is InChI=1S/C17H19ClN2O/c1-20(2)12-14-8-4-3-7-13(14)11-19-17(21)15-9-5-6-10-16(15)18/h3-10H,11-12H2,1-2H3,(H,19,21). The molecular weight excluding hydrogens is 284 g/mol. The molecule has 0 radical (unpaired) electrons. The zero-order valence-corrected chi connectivity index (χ0v) is 13.0. The zero-order chi connectivity index (χ0) is 15.2. The van der Waals surface area contributed by atoms with Crippen LogP contribution in [0.4, 0.5) is 0 Å². The van der Waals surface area contributed by atoms with Crippen molar-refractivity contribution in [3.8, 4) is 0 Å². The predicted molar refractivity (Wildman–Crippen MR) is 86.5 cm³/mol. The number of hydrogen-bond donors (Lipinski definition) is 1. The second-order valence-electron chi connectivity index (χ2n) is 5.17. The first-order valence-corrected chi connectivity index (χ1v) is 7.20. The summed E-state index contributed by atoms with van der Waals surface area (Å²) in [6.45, 7) is 1.34. The molecule has 0 aliphatic rings. The van der Waals surface area contributed by atoms with Crippen molar-refractivity contribution in [2.75, 3.05) is 14.1 Å². The van der Waals surface area contributed by atoms with Crippen molar-refractivity contribution >= 4 is 17.5 Å². The Kier molecular flexibility index (Phi) is 5.37. The van der Waals surface area contributed by atoms with Gasteiger partial charge in [0.25, 0.3) is 5.91 Å². The number of nitrogens with one attached hydrogen (secondary N) is 1. The van der Waals surface area contributed by atoms with Gasteiger partial charge in [-0.3, -0.25) is 4.79 Å². The molecule has 1 N–H and O–H groups in total. The van der Waals surface area contributed by atoms with Gasteiger partial charge in [0.05, 0.1) is 10.6 Å². The van der Waals surface area contributed by atoms with Crippen LogP contribution in [-0.4, -0.2) is 24.9 Å². The monoisotopic (exact) mass is 302 g/mol. The fourth-order valence-electron chi connectivity index (χ4n) is 2.14.